The molecule has 1 aliphatic rings. The first-order valence-corrected chi connectivity index (χ1v) is 9.96. The van der Waals surface area contributed by atoms with Crippen molar-refractivity contribution in [2.45, 2.75) is 51.2 Å². The third-order valence-electron chi connectivity index (χ3n) is 4.69. The van der Waals surface area contributed by atoms with Gasteiger partial charge in [-0.05, 0) is 42.0 Å². The van der Waals surface area contributed by atoms with Crippen LogP contribution in [0.15, 0.2) is 30.3 Å². The summed E-state index contributed by atoms with van der Waals surface area (Å²) in [6.07, 6.45) is 1.33. The number of benzene rings is 1. The zero-order valence-corrected chi connectivity index (χ0v) is 13.0. The van der Waals surface area contributed by atoms with Crippen LogP contribution >= 0.6 is 0 Å². The molecule has 18 heavy (non-hydrogen) atoms. The molecule has 0 N–H and O–H groups in total. The fraction of sp³-hybridized carbons (Fsp3) is 0.625. The molecule has 100 valence electrons. The number of rotatable bonds is 7. The fourth-order valence-corrected chi connectivity index (χ4v) is 5.56. The summed E-state index contributed by atoms with van der Waals surface area (Å²) < 4.78 is 6.39. The van der Waals surface area contributed by atoms with E-state index >= 15 is 0 Å². The van der Waals surface area contributed by atoms with Gasteiger partial charge in [-0.2, -0.15) is 0 Å². The third kappa shape index (κ3) is 3.04. The first kappa shape index (κ1) is 13.8. The monoisotopic (exact) mass is 262 g/mol. The maximum absolute atomic E-state index is 6.39. The summed E-state index contributed by atoms with van der Waals surface area (Å²) in [5, 5.41) is 0. The van der Waals surface area contributed by atoms with E-state index < -0.39 is 8.32 Å². The maximum atomic E-state index is 6.39. The van der Waals surface area contributed by atoms with E-state index in [0.29, 0.717) is 0 Å². The molecule has 0 heterocycles. The molecule has 2 rings (SSSR count). The second-order valence-corrected chi connectivity index (χ2v) is 10.3. The van der Waals surface area contributed by atoms with Crippen molar-refractivity contribution < 1.29 is 4.43 Å². The molecule has 1 aromatic carbocycles. The first-order valence-electron chi connectivity index (χ1n) is 7.43. The molecule has 0 saturated heterocycles. The van der Waals surface area contributed by atoms with E-state index in [1.54, 1.807) is 0 Å². The van der Waals surface area contributed by atoms with Gasteiger partial charge in [0.25, 0.3) is 0 Å². The standard InChI is InChI=1S/C16H26OSi/c1-4-18(5-2,6-3)17-13-15-12-16(15)14-10-8-7-9-11-14/h7-11,15-16H,4-6,12-13H2,1-3H3/t15-,16-/m0/s1. The average Bonchev–Trinajstić information content (AvgIpc) is 3.22. The molecular weight excluding hydrogens is 236 g/mol. The van der Waals surface area contributed by atoms with Crippen LogP contribution in [0.5, 0.6) is 0 Å². The van der Waals surface area contributed by atoms with Crippen molar-refractivity contribution in [1.29, 1.82) is 0 Å². The maximum Gasteiger partial charge on any atom is 0.191 e. The van der Waals surface area contributed by atoms with E-state index in [-0.39, 0.29) is 0 Å². The summed E-state index contributed by atoms with van der Waals surface area (Å²) in [6.45, 7) is 7.92. The van der Waals surface area contributed by atoms with Crippen molar-refractivity contribution >= 4 is 8.32 Å². The molecule has 0 unspecified atom stereocenters. The SMILES string of the molecule is CC[Si](CC)(CC)OC[C@@H]1C[C@H]1c1ccccc1. The summed E-state index contributed by atoms with van der Waals surface area (Å²) in [7, 11) is -1.37. The fourth-order valence-electron chi connectivity index (χ4n) is 2.88. The molecule has 0 aromatic heterocycles. The second kappa shape index (κ2) is 6.03. The van der Waals surface area contributed by atoms with Crippen LogP contribution in [0, 0.1) is 5.92 Å². The lowest BCUT2D eigenvalue weighted by Crippen LogP contribution is -2.36. The van der Waals surface area contributed by atoms with Gasteiger partial charge in [0.15, 0.2) is 8.32 Å². The van der Waals surface area contributed by atoms with Gasteiger partial charge in [0.05, 0.1) is 0 Å². The van der Waals surface area contributed by atoms with Crippen LogP contribution in [0.4, 0.5) is 0 Å². The van der Waals surface area contributed by atoms with Crippen molar-refractivity contribution in [3.05, 3.63) is 35.9 Å². The molecular formula is C16H26OSi. The van der Waals surface area contributed by atoms with E-state index in [2.05, 4.69) is 51.1 Å². The summed E-state index contributed by atoms with van der Waals surface area (Å²) in [5.74, 6) is 1.55. The lowest BCUT2D eigenvalue weighted by atomic mass is 10.1. The first-order chi connectivity index (χ1) is 8.74. The topological polar surface area (TPSA) is 9.23 Å². The van der Waals surface area contributed by atoms with Crippen LogP contribution in [0.1, 0.15) is 38.7 Å². The Morgan fingerprint density at radius 3 is 2.22 bits per heavy atom. The largest absolute Gasteiger partial charge is 0.417 e. The normalized spacial score (nSPS) is 23.1. The van der Waals surface area contributed by atoms with E-state index in [1.165, 1.54) is 30.1 Å². The highest BCUT2D eigenvalue weighted by molar-refractivity contribution is 6.73. The zero-order valence-electron chi connectivity index (χ0n) is 12.0. The van der Waals surface area contributed by atoms with Crippen LogP contribution in [0.2, 0.25) is 18.1 Å². The minimum Gasteiger partial charge on any atom is -0.417 e. The predicted octanol–water partition coefficient (Wildman–Crippen LogP) is 4.81. The van der Waals surface area contributed by atoms with Gasteiger partial charge < -0.3 is 4.43 Å². The van der Waals surface area contributed by atoms with Crippen LogP contribution in [0.3, 0.4) is 0 Å². The van der Waals surface area contributed by atoms with Gasteiger partial charge in [-0.3, -0.25) is 0 Å². The summed E-state index contributed by atoms with van der Waals surface area (Å²) in [5.41, 5.74) is 1.50. The molecule has 0 radical (unpaired) electrons. The molecule has 2 atom stereocenters. The molecule has 0 spiro atoms. The number of hydrogen-bond acceptors (Lipinski definition) is 1. The lowest BCUT2D eigenvalue weighted by molar-refractivity contribution is 0.279. The highest BCUT2D eigenvalue weighted by Gasteiger charge is 2.40. The highest BCUT2D eigenvalue weighted by atomic mass is 28.4. The van der Waals surface area contributed by atoms with Gasteiger partial charge >= 0.3 is 0 Å². The van der Waals surface area contributed by atoms with Crippen molar-refractivity contribution in [2.24, 2.45) is 5.92 Å². The second-order valence-electron chi connectivity index (χ2n) is 5.57. The molecule has 1 saturated carbocycles. The van der Waals surface area contributed by atoms with Gasteiger partial charge in [0, 0.05) is 6.61 Å². The Morgan fingerprint density at radius 2 is 1.67 bits per heavy atom. The van der Waals surface area contributed by atoms with Crippen molar-refractivity contribution in [3.8, 4) is 0 Å². The van der Waals surface area contributed by atoms with Gasteiger partial charge in [-0.1, -0.05) is 51.1 Å². The summed E-state index contributed by atoms with van der Waals surface area (Å²) >= 11 is 0. The van der Waals surface area contributed by atoms with Gasteiger partial charge in [0.1, 0.15) is 0 Å². The molecule has 2 heteroatoms. The lowest BCUT2D eigenvalue weighted by Gasteiger charge is -2.28. The third-order valence-corrected chi connectivity index (χ3v) is 9.33. The minimum absolute atomic E-state index is 0.767. The molecule has 0 bridgehead atoms. The smallest absolute Gasteiger partial charge is 0.191 e. The van der Waals surface area contributed by atoms with Crippen LogP contribution < -0.4 is 0 Å². The van der Waals surface area contributed by atoms with E-state index in [9.17, 15) is 0 Å². The van der Waals surface area contributed by atoms with E-state index in [0.717, 1.165) is 18.4 Å². The van der Waals surface area contributed by atoms with E-state index in [4.69, 9.17) is 4.43 Å². The number of hydrogen-bond donors (Lipinski definition) is 0. The van der Waals surface area contributed by atoms with Crippen molar-refractivity contribution in [1.82, 2.24) is 0 Å². The van der Waals surface area contributed by atoms with Crippen molar-refractivity contribution in [2.75, 3.05) is 6.61 Å². The van der Waals surface area contributed by atoms with Crippen LogP contribution in [-0.4, -0.2) is 14.9 Å². The summed E-state index contributed by atoms with van der Waals surface area (Å²) in [4.78, 5) is 0. The average molecular weight is 262 g/mol. The Balaban J connectivity index is 1.83. The van der Waals surface area contributed by atoms with Crippen LogP contribution in [-0.2, 0) is 4.43 Å². The quantitative estimate of drug-likeness (QED) is 0.641. The molecule has 0 amide bonds. The predicted molar refractivity (Wildman–Crippen MR) is 80.4 cm³/mol. The van der Waals surface area contributed by atoms with Gasteiger partial charge in [-0.25, -0.2) is 0 Å². The zero-order chi connectivity index (χ0) is 13.0. The Labute approximate surface area is 113 Å². The minimum atomic E-state index is -1.37. The molecule has 1 aliphatic carbocycles. The summed E-state index contributed by atoms with van der Waals surface area (Å²) in [6, 6.07) is 14.7. The Bertz CT molecular complexity index is 350. The van der Waals surface area contributed by atoms with Gasteiger partial charge in [-0.15, -0.1) is 0 Å². The Morgan fingerprint density at radius 1 is 1.06 bits per heavy atom. The Kier molecular flexibility index (Phi) is 4.63. The van der Waals surface area contributed by atoms with Gasteiger partial charge in [0.2, 0.25) is 0 Å². The van der Waals surface area contributed by atoms with Crippen LogP contribution in [0.25, 0.3) is 0 Å². The molecule has 1 nitrogen and oxygen atoms in total. The highest BCUT2D eigenvalue weighted by Crippen LogP contribution is 2.48. The molecule has 1 aromatic rings. The Hall–Kier alpha value is -0.603. The van der Waals surface area contributed by atoms with Crippen molar-refractivity contribution in [3.63, 3.8) is 0 Å². The molecule has 1 fully saturated rings. The van der Waals surface area contributed by atoms with E-state index in [1.807, 2.05) is 0 Å². The molecule has 0 aliphatic heterocycles.